The smallest absolute Gasteiger partial charge is 0.273 e. The van der Waals surface area contributed by atoms with Gasteiger partial charge in [-0.2, -0.15) is 10.5 Å². The summed E-state index contributed by atoms with van der Waals surface area (Å²) in [5.74, 6) is -0.204. The second-order valence-corrected chi connectivity index (χ2v) is 8.62. The SMILES string of the molecule is CCOc1ncc(C(c2ccc(C#N)cc2)N2CC[C@@H](NC(=O)c3ccc(C#N)nc3)C2)s1. The Morgan fingerprint density at radius 2 is 2.03 bits per heavy atom. The molecule has 4 rings (SSSR count). The van der Waals surface area contributed by atoms with Crippen LogP contribution in [0, 0.1) is 22.7 Å². The number of hydrogen-bond acceptors (Lipinski definition) is 8. The van der Waals surface area contributed by atoms with Crippen LogP contribution in [0.5, 0.6) is 5.19 Å². The fourth-order valence-electron chi connectivity index (χ4n) is 3.88. The van der Waals surface area contributed by atoms with Crippen molar-refractivity contribution in [3.05, 3.63) is 76.1 Å². The number of pyridine rings is 1. The van der Waals surface area contributed by atoms with Crippen LogP contribution < -0.4 is 10.1 Å². The highest BCUT2D eigenvalue weighted by Crippen LogP contribution is 2.36. The number of rotatable bonds is 7. The summed E-state index contributed by atoms with van der Waals surface area (Å²) in [5.41, 5.74) is 2.38. The number of aromatic nitrogens is 2. The molecule has 3 aromatic rings. The Labute approximate surface area is 196 Å². The van der Waals surface area contributed by atoms with Crippen LogP contribution in [-0.4, -0.2) is 46.5 Å². The van der Waals surface area contributed by atoms with Crippen molar-refractivity contribution in [2.75, 3.05) is 19.7 Å². The molecular formula is C24H22N6O2S. The molecule has 1 N–H and O–H groups in total. The molecular weight excluding hydrogens is 436 g/mol. The molecule has 0 spiro atoms. The maximum atomic E-state index is 12.7. The van der Waals surface area contributed by atoms with Crippen LogP contribution in [0.15, 0.2) is 48.8 Å². The molecule has 0 radical (unpaired) electrons. The lowest BCUT2D eigenvalue weighted by Crippen LogP contribution is -2.38. The highest BCUT2D eigenvalue weighted by molar-refractivity contribution is 7.13. The summed E-state index contributed by atoms with van der Waals surface area (Å²) in [6, 6.07) is 14.8. The Hall–Kier alpha value is -3.79. The van der Waals surface area contributed by atoms with Crippen LogP contribution in [0.1, 0.15) is 51.4 Å². The van der Waals surface area contributed by atoms with E-state index in [1.807, 2.05) is 43.5 Å². The van der Waals surface area contributed by atoms with Crippen molar-refractivity contribution in [3.63, 3.8) is 0 Å². The van der Waals surface area contributed by atoms with Crippen LogP contribution in [0.3, 0.4) is 0 Å². The fourth-order valence-corrected chi connectivity index (χ4v) is 4.87. The molecule has 8 nitrogen and oxygen atoms in total. The van der Waals surface area contributed by atoms with Gasteiger partial charge >= 0.3 is 0 Å². The second kappa shape index (κ2) is 10.2. The fraction of sp³-hybridized carbons (Fsp3) is 0.292. The Morgan fingerprint density at radius 1 is 1.21 bits per heavy atom. The summed E-state index contributed by atoms with van der Waals surface area (Å²) in [7, 11) is 0. The Balaban J connectivity index is 1.51. The Bertz CT molecular complexity index is 1190. The summed E-state index contributed by atoms with van der Waals surface area (Å²) < 4.78 is 5.57. The van der Waals surface area contributed by atoms with Gasteiger partial charge in [-0.05, 0) is 43.2 Å². The summed E-state index contributed by atoms with van der Waals surface area (Å²) in [4.78, 5) is 24.4. The zero-order chi connectivity index (χ0) is 23.2. The van der Waals surface area contributed by atoms with E-state index in [9.17, 15) is 4.79 Å². The van der Waals surface area contributed by atoms with Gasteiger partial charge in [0.25, 0.3) is 11.1 Å². The summed E-state index contributed by atoms with van der Waals surface area (Å²) in [5, 5.41) is 21.7. The predicted molar refractivity (Wildman–Crippen MR) is 123 cm³/mol. The third-order valence-electron chi connectivity index (χ3n) is 5.46. The van der Waals surface area contributed by atoms with Gasteiger partial charge in [0.05, 0.1) is 29.8 Å². The largest absolute Gasteiger partial charge is 0.470 e. The molecule has 1 fully saturated rings. The first-order chi connectivity index (χ1) is 16.1. The molecule has 2 aromatic heterocycles. The number of nitrogens with zero attached hydrogens (tertiary/aromatic N) is 5. The minimum atomic E-state index is -0.204. The number of likely N-dealkylation sites (tertiary alicyclic amines) is 1. The van der Waals surface area contributed by atoms with E-state index in [2.05, 4.69) is 26.3 Å². The third-order valence-corrected chi connectivity index (χ3v) is 6.42. The van der Waals surface area contributed by atoms with Crippen molar-refractivity contribution in [3.8, 4) is 17.3 Å². The molecule has 3 heterocycles. The normalized spacial score (nSPS) is 16.5. The molecule has 1 saturated heterocycles. The lowest BCUT2D eigenvalue weighted by atomic mass is 10.0. The number of nitrogens with one attached hydrogen (secondary N) is 1. The van der Waals surface area contributed by atoms with E-state index in [0.717, 1.165) is 23.4 Å². The highest BCUT2D eigenvalue weighted by atomic mass is 32.1. The van der Waals surface area contributed by atoms with Gasteiger partial charge in [-0.25, -0.2) is 9.97 Å². The van der Waals surface area contributed by atoms with Crippen LogP contribution in [-0.2, 0) is 0 Å². The molecule has 1 aromatic carbocycles. The zero-order valence-corrected chi connectivity index (χ0v) is 18.9. The minimum absolute atomic E-state index is 0.0201. The van der Waals surface area contributed by atoms with Crippen molar-refractivity contribution in [1.82, 2.24) is 20.2 Å². The molecule has 1 aliphatic rings. The Kier molecular flexibility index (Phi) is 6.94. The maximum absolute atomic E-state index is 12.7. The highest BCUT2D eigenvalue weighted by Gasteiger charge is 2.32. The standard InChI is InChI=1S/C24H22N6O2S/c1-2-32-24-28-14-21(33-24)22(17-5-3-16(11-25)4-6-17)30-10-9-20(15-30)29-23(31)18-7-8-19(12-26)27-13-18/h3-8,13-14,20,22H,2,9-10,15H2,1H3,(H,29,31)/t20-,22?/m1/s1. The molecule has 0 saturated carbocycles. The monoisotopic (exact) mass is 458 g/mol. The second-order valence-electron chi connectivity index (χ2n) is 7.60. The molecule has 0 bridgehead atoms. The van der Waals surface area contributed by atoms with Gasteiger partial charge in [-0.1, -0.05) is 23.5 Å². The van der Waals surface area contributed by atoms with Crippen molar-refractivity contribution in [1.29, 1.82) is 10.5 Å². The van der Waals surface area contributed by atoms with Crippen LogP contribution in [0.25, 0.3) is 0 Å². The molecule has 33 heavy (non-hydrogen) atoms. The lowest BCUT2D eigenvalue weighted by molar-refractivity contribution is 0.0936. The van der Waals surface area contributed by atoms with Crippen molar-refractivity contribution in [2.24, 2.45) is 0 Å². The number of hydrogen-bond donors (Lipinski definition) is 1. The van der Waals surface area contributed by atoms with Gasteiger partial charge in [0.2, 0.25) is 0 Å². The van der Waals surface area contributed by atoms with E-state index in [0.29, 0.717) is 29.5 Å². The number of ether oxygens (including phenoxy) is 1. The van der Waals surface area contributed by atoms with E-state index in [1.165, 1.54) is 23.6 Å². The minimum Gasteiger partial charge on any atom is -0.470 e. The third kappa shape index (κ3) is 5.17. The number of amides is 1. The summed E-state index contributed by atoms with van der Waals surface area (Å²) >= 11 is 1.51. The average Bonchev–Trinajstić information content (AvgIpc) is 3.50. The predicted octanol–water partition coefficient (Wildman–Crippen LogP) is 3.27. The first-order valence-electron chi connectivity index (χ1n) is 10.6. The quantitative estimate of drug-likeness (QED) is 0.578. The first-order valence-corrected chi connectivity index (χ1v) is 11.4. The molecule has 166 valence electrons. The first kappa shape index (κ1) is 22.4. The van der Waals surface area contributed by atoms with E-state index in [4.69, 9.17) is 15.3 Å². The molecule has 1 amide bonds. The zero-order valence-electron chi connectivity index (χ0n) is 18.1. The molecule has 9 heteroatoms. The lowest BCUT2D eigenvalue weighted by Gasteiger charge is -2.27. The number of nitriles is 2. The van der Waals surface area contributed by atoms with Crippen molar-refractivity contribution in [2.45, 2.75) is 25.4 Å². The molecule has 0 aliphatic carbocycles. The van der Waals surface area contributed by atoms with E-state index in [1.54, 1.807) is 6.07 Å². The molecule has 2 atom stereocenters. The number of carbonyl (C=O) groups excluding carboxylic acids is 1. The van der Waals surface area contributed by atoms with Crippen molar-refractivity contribution >= 4 is 17.2 Å². The van der Waals surface area contributed by atoms with E-state index in [-0.39, 0.29) is 23.7 Å². The molecule has 1 unspecified atom stereocenters. The molecule has 1 aliphatic heterocycles. The number of thiazole rings is 1. The van der Waals surface area contributed by atoms with Crippen LogP contribution in [0.4, 0.5) is 0 Å². The van der Waals surface area contributed by atoms with E-state index >= 15 is 0 Å². The number of carbonyl (C=O) groups is 1. The van der Waals surface area contributed by atoms with Gasteiger partial charge < -0.3 is 10.1 Å². The van der Waals surface area contributed by atoms with Gasteiger partial charge in [-0.15, -0.1) is 0 Å². The van der Waals surface area contributed by atoms with Gasteiger partial charge in [0, 0.05) is 36.4 Å². The van der Waals surface area contributed by atoms with Gasteiger partial charge in [0.1, 0.15) is 11.8 Å². The van der Waals surface area contributed by atoms with Crippen LogP contribution in [0.2, 0.25) is 0 Å². The maximum Gasteiger partial charge on any atom is 0.273 e. The van der Waals surface area contributed by atoms with E-state index < -0.39 is 0 Å². The topological polar surface area (TPSA) is 115 Å². The van der Waals surface area contributed by atoms with Gasteiger partial charge in [0.15, 0.2) is 0 Å². The van der Waals surface area contributed by atoms with Gasteiger partial charge in [-0.3, -0.25) is 9.69 Å². The average molecular weight is 459 g/mol. The summed E-state index contributed by atoms with van der Waals surface area (Å²) in [6.45, 7) is 3.94. The van der Waals surface area contributed by atoms with Crippen LogP contribution >= 0.6 is 11.3 Å². The summed E-state index contributed by atoms with van der Waals surface area (Å²) in [6.07, 6.45) is 4.07. The van der Waals surface area contributed by atoms with Crippen molar-refractivity contribution < 1.29 is 9.53 Å². The Morgan fingerprint density at radius 3 is 2.70 bits per heavy atom. The number of benzene rings is 1.